The standard InChI is InChI=1S/C16H22N6O3S/c1-10-6-11(21-26(24,25)20-4-5-23)7-12(10)14-8-18-15-9-19-16-13(22(14)15)2-3-17-16/h2-3,8-12,17,20-21,23H,4-7H2,1H3/t10-,11+,12+/m1/s1. The number of fused-ring (bicyclic) bond motifs is 3. The van der Waals surface area contributed by atoms with E-state index in [0.717, 1.165) is 28.9 Å². The second kappa shape index (κ2) is 6.62. The van der Waals surface area contributed by atoms with Crippen molar-refractivity contribution in [1.29, 1.82) is 0 Å². The first-order valence-electron chi connectivity index (χ1n) is 8.65. The molecule has 4 rings (SSSR count). The minimum atomic E-state index is -3.61. The molecule has 0 aliphatic heterocycles. The molecule has 1 saturated carbocycles. The molecule has 3 heterocycles. The quantitative estimate of drug-likeness (QED) is 0.497. The first kappa shape index (κ1) is 17.4. The Labute approximate surface area is 151 Å². The Kier molecular flexibility index (Phi) is 4.43. The zero-order chi connectivity index (χ0) is 18.3. The molecule has 0 spiro atoms. The van der Waals surface area contributed by atoms with Gasteiger partial charge in [-0.1, -0.05) is 6.92 Å². The summed E-state index contributed by atoms with van der Waals surface area (Å²) >= 11 is 0. The summed E-state index contributed by atoms with van der Waals surface area (Å²) in [6.45, 7) is 1.91. The fourth-order valence-corrected chi connectivity index (χ4v) is 5.03. The molecule has 140 valence electrons. The maximum atomic E-state index is 12.0. The monoisotopic (exact) mass is 378 g/mol. The molecule has 0 unspecified atom stereocenters. The molecule has 1 aliphatic rings. The summed E-state index contributed by atoms with van der Waals surface area (Å²) < 4.78 is 31.2. The molecule has 1 fully saturated rings. The van der Waals surface area contributed by atoms with Crippen molar-refractivity contribution < 1.29 is 13.5 Å². The fourth-order valence-electron chi connectivity index (χ4n) is 3.95. The Morgan fingerprint density at radius 1 is 1.35 bits per heavy atom. The zero-order valence-electron chi connectivity index (χ0n) is 14.4. The minimum absolute atomic E-state index is 0.00671. The van der Waals surface area contributed by atoms with E-state index >= 15 is 0 Å². The molecule has 3 aromatic rings. The van der Waals surface area contributed by atoms with Gasteiger partial charge in [-0.3, -0.25) is 4.40 Å². The number of aliphatic hydroxyl groups is 1. The van der Waals surface area contributed by atoms with Crippen molar-refractivity contribution in [3.8, 4) is 0 Å². The van der Waals surface area contributed by atoms with Crippen molar-refractivity contribution in [3.05, 3.63) is 30.4 Å². The predicted octanol–water partition coefficient (Wildman–Crippen LogP) is 0.509. The molecule has 3 aromatic heterocycles. The third-order valence-electron chi connectivity index (χ3n) is 5.06. The largest absolute Gasteiger partial charge is 0.395 e. The van der Waals surface area contributed by atoms with E-state index < -0.39 is 10.2 Å². The third kappa shape index (κ3) is 3.09. The molecule has 10 heteroatoms. The fraction of sp³-hybridized carbons (Fsp3) is 0.500. The van der Waals surface area contributed by atoms with Crippen LogP contribution in [0, 0.1) is 5.92 Å². The van der Waals surface area contributed by atoms with Crippen molar-refractivity contribution >= 4 is 27.0 Å². The third-order valence-corrected chi connectivity index (χ3v) is 6.29. The molecule has 9 nitrogen and oxygen atoms in total. The molecule has 3 atom stereocenters. The summed E-state index contributed by atoms with van der Waals surface area (Å²) in [5, 5.41) is 8.80. The van der Waals surface area contributed by atoms with Gasteiger partial charge in [0.25, 0.3) is 10.2 Å². The molecular formula is C16H22N6O3S. The van der Waals surface area contributed by atoms with Gasteiger partial charge in [-0.15, -0.1) is 0 Å². The van der Waals surface area contributed by atoms with Crippen LogP contribution in [0.15, 0.2) is 24.7 Å². The van der Waals surface area contributed by atoms with Crippen LogP contribution in [0.1, 0.15) is 31.4 Å². The van der Waals surface area contributed by atoms with Gasteiger partial charge >= 0.3 is 0 Å². The van der Waals surface area contributed by atoms with Gasteiger partial charge in [0.05, 0.1) is 18.3 Å². The normalized spacial score (nSPS) is 24.0. The number of hydrogen-bond acceptors (Lipinski definition) is 5. The van der Waals surface area contributed by atoms with Crippen LogP contribution in [0.25, 0.3) is 16.8 Å². The highest BCUT2D eigenvalue weighted by Crippen LogP contribution is 2.40. The van der Waals surface area contributed by atoms with Crippen molar-refractivity contribution in [2.75, 3.05) is 13.2 Å². The van der Waals surface area contributed by atoms with Crippen molar-refractivity contribution in [2.45, 2.75) is 31.7 Å². The SMILES string of the molecule is C[C@@H]1C[C@H](NS(=O)(=O)NCCO)C[C@@H]1c1cnc2cnc3[nH]ccc3n12. The van der Waals surface area contributed by atoms with E-state index in [1.165, 1.54) is 0 Å². The van der Waals surface area contributed by atoms with E-state index in [1.54, 1.807) is 6.20 Å². The van der Waals surface area contributed by atoms with E-state index in [9.17, 15) is 8.42 Å². The van der Waals surface area contributed by atoms with Gasteiger partial charge in [0, 0.05) is 36.6 Å². The average Bonchev–Trinajstić information content (AvgIpc) is 3.29. The highest BCUT2D eigenvalue weighted by Gasteiger charge is 2.36. The van der Waals surface area contributed by atoms with E-state index in [1.807, 2.05) is 18.5 Å². The number of nitrogens with one attached hydrogen (secondary N) is 3. The van der Waals surface area contributed by atoms with Crippen LogP contribution < -0.4 is 9.44 Å². The van der Waals surface area contributed by atoms with Crippen LogP contribution in [0.4, 0.5) is 0 Å². The topological polar surface area (TPSA) is 124 Å². The lowest BCUT2D eigenvalue weighted by atomic mass is 9.95. The first-order chi connectivity index (χ1) is 12.5. The number of imidazole rings is 1. The van der Waals surface area contributed by atoms with Gasteiger partial charge in [0.2, 0.25) is 0 Å². The number of aromatic nitrogens is 4. The summed E-state index contributed by atoms with van der Waals surface area (Å²) in [6.07, 6.45) is 6.90. The van der Waals surface area contributed by atoms with Crippen LogP contribution in [0.3, 0.4) is 0 Å². The molecular weight excluding hydrogens is 356 g/mol. The average molecular weight is 378 g/mol. The smallest absolute Gasteiger partial charge is 0.277 e. The highest BCUT2D eigenvalue weighted by molar-refractivity contribution is 7.87. The van der Waals surface area contributed by atoms with Crippen LogP contribution >= 0.6 is 0 Å². The Morgan fingerprint density at radius 3 is 3.00 bits per heavy atom. The lowest BCUT2D eigenvalue weighted by molar-refractivity contribution is 0.300. The summed E-state index contributed by atoms with van der Waals surface area (Å²) in [6, 6.07) is 1.82. The van der Waals surface area contributed by atoms with Crippen molar-refractivity contribution in [2.24, 2.45) is 5.92 Å². The molecule has 1 aliphatic carbocycles. The van der Waals surface area contributed by atoms with Crippen molar-refractivity contribution in [3.63, 3.8) is 0 Å². The number of aliphatic hydroxyl groups excluding tert-OH is 1. The van der Waals surface area contributed by atoms with E-state index in [2.05, 4.69) is 35.7 Å². The van der Waals surface area contributed by atoms with Crippen LogP contribution in [0.5, 0.6) is 0 Å². The van der Waals surface area contributed by atoms with E-state index in [-0.39, 0.29) is 25.1 Å². The zero-order valence-corrected chi connectivity index (χ0v) is 15.2. The lowest BCUT2D eigenvalue weighted by Gasteiger charge is -2.15. The van der Waals surface area contributed by atoms with E-state index in [4.69, 9.17) is 5.11 Å². The number of hydrogen-bond donors (Lipinski definition) is 4. The van der Waals surface area contributed by atoms with Crippen LogP contribution in [-0.4, -0.2) is 52.1 Å². The molecule has 0 saturated heterocycles. The van der Waals surface area contributed by atoms with Gasteiger partial charge in [-0.25, -0.2) is 9.97 Å². The minimum Gasteiger partial charge on any atom is -0.395 e. The molecule has 0 bridgehead atoms. The molecule has 0 radical (unpaired) electrons. The molecule has 0 aromatic carbocycles. The predicted molar refractivity (Wildman–Crippen MR) is 96.9 cm³/mol. The Bertz CT molecular complexity index is 1030. The van der Waals surface area contributed by atoms with E-state index in [0.29, 0.717) is 12.3 Å². The van der Waals surface area contributed by atoms with Gasteiger partial charge in [-0.2, -0.15) is 17.9 Å². The van der Waals surface area contributed by atoms with Gasteiger partial charge < -0.3 is 10.1 Å². The second-order valence-electron chi connectivity index (χ2n) is 6.84. The Balaban J connectivity index is 1.61. The van der Waals surface area contributed by atoms with Gasteiger partial charge in [0.1, 0.15) is 0 Å². The van der Waals surface area contributed by atoms with Crippen LogP contribution in [-0.2, 0) is 10.2 Å². The number of rotatable bonds is 6. The maximum Gasteiger partial charge on any atom is 0.277 e. The summed E-state index contributed by atoms with van der Waals surface area (Å²) in [7, 11) is -3.61. The Hall–Kier alpha value is -2.01. The second-order valence-corrected chi connectivity index (χ2v) is 8.37. The maximum absolute atomic E-state index is 12.0. The summed E-state index contributed by atoms with van der Waals surface area (Å²) in [5.41, 5.74) is 3.63. The first-order valence-corrected chi connectivity index (χ1v) is 10.1. The number of nitrogens with zero attached hydrogens (tertiary/aromatic N) is 3. The molecule has 0 amide bonds. The molecule has 26 heavy (non-hydrogen) atoms. The Morgan fingerprint density at radius 2 is 2.19 bits per heavy atom. The summed E-state index contributed by atoms with van der Waals surface area (Å²) in [5.74, 6) is 0.499. The van der Waals surface area contributed by atoms with Gasteiger partial charge in [-0.05, 0) is 24.8 Å². The lowest BCUT2D eigenvalue weighted by Crippen LogP contribution is -2.42. The van der Waals surface area contributed by atoms with Crippen LogP contribution in [0.2, 0.25) is 0 Å². The highest BCUT2D eigenvalue weighted by atomic mass is 32.2. The number of aromatic amines is 1. The molecule has 4 N–H and O–H groups in total. The van der Waals surface area contributed by atoms with Crippen molar-refractivity contribution in [1.82, 2.24) is 28.8 Å². The number of H-pyrrole nitrogens is 1. The summed E-state index contributed by atoms with van der Waals surface area (Å²) in [4.78, 5) is 11.9. The van der Waals surface area contributed by atoms with Gasteiger partial charge in [0.15, 0.2) is 11.3 Å².